The van der Waals surface area contributed by atoms with Crippen molar-refractivity contribution < 1.29 is 9.59 Å². The van der Waals surface area contributed by atoms with Gasteiger partial charge in [0.25, 0.3) is 11.1 Å². The summed E-state index contributed by atoms with van der Waals surface area (Å²) < 4.78 is 2.26. The number of aromatic nitrogens is 3. The first-order valence-corrected chi connectivity index (χ1v) is 11.8. The number of nitrogens with zero attached hydrogens (tertiary/aromatic N) is 4. The van der Waals surface area contributed by atoms with Crippen molar-refractivity contribution in [1.82, 2.24) is 14.8 Å². The second-order valence-electron chi connectivity index (χ2n) is 6.44. The van der Waals surface area contributed by atoms with Crippen molar-refractivity contribution in [3.8, 4) is 5.82 Å². The van der Waals surface area contributed by atoms with Crippen LogP contribution < -0.4 is 4.90 Å². The van der Waals surface area contributed by atoms with Crippen molar-refractivity contribution in [2.45, 2.75) is 19.8 Å². The summed E-state index contributed by atoms with van der Waals surface area (Å²) in [6.07, 6.45) is 3.07. The Balaban J connectivity index is 2.19. The number of amides is 1. The van der Waals surface area contributed by atoms with Crippen molar-refractivity contribution in [2.75, 3.05) is 11.4 Å². The van der Waals surface area contributed by atoms with Gasteiger partial charge in [-0.1, -0.05) is 36.5 Å². The molecule has 0 unspecified atom stereocenters. The second kappa shape index (κ2) is 10.4. The monoisotopic (exact) mass is 606 g/mol. The number of halogens is 5. The fourth-order valence-electron chi connectivity index (χ4n) is 2.96. The SMILES string of the molecule is CCCCN(C(=O)c1cc(Br)nn1-c1ncccc1Cl)c1c(Br)cc(Cl)cc1C(=O)Cl. The van der Waals surface area contributed by atoms with E-state index in [-0.39, 0.29) is 11.3 Å². The van der Waals surface area contributed by atoms with E-state index >= 15 is 0 Å². The van der Waals surface area contributed by atoms with E-state index in [4.69, 9.17) is 34.8 Å². The number of rotatable bonds is 7. The highest BCUT2D eigenvalue weighted by Crippen LogP contribution is 2.36. The van der Waals surface area contributed by atoms with Crippen molar-refractivity contribution in [2.24, 2.45) is 0 Å². The molecule has 0 aliphatic carbocycles. The van der Waals surface area contributed by atoms with E-state index in [0.29, 0.717) is 43.6 Å². The summed E-state index contributed by atoms with van der Waals surface area (Å²) in [6, 6.07) is 7.95. The molecule has 2 heterocycles. The number of hydrogen-bond donors (Lipinski definition) is 0. The molecule has 31 heavy (non-hydrogen) atoms. The average Bonchev–Trinajstić information content (AvgIpc) is 3.10. The van der Waals surface area contributed by atoms with Crippen molar-refractivity contribution in [1.29, 1.82) is 0 Å². The lowest BCUT2D eigenvalue weighted by atomic mass is 10.1. The predicted octanol–water partition coefficient (Wildman–Crippen LogP) is 6.93. The van der Waals surface area contributed by atoms with Gasteiger partial charge in [-0.25, -0.2) is 9.67 Å². The third-order valence-electron chi connectivity index (χ3n) is 4.33. The van der Waals surface area contributed by atoms with Gasteiger partial charge in [0.05, 0.1) is 16.3 Å². The molecule has 3 rings (SSSR count). The Labute approximate surface area is 210 Å². The van der Waals surface area contributed by atoms with Gasteiger partial charge in [0.1, 0.15) is 10.3 Å². The Morgan fingerprint density at radius 3 is 2.58 bits per heavy atom. The zero-order chi connectivity index (χ0) is 22.7. The average molecular weight is 610 g/mol. The van der Waals surface area contributed by atoms with Gasteiger partial charge in [-0.2, -0.15) is 5.10 Å². The Morgan fingerprint density at radius 2 is 1.94 bits per heavy atom. The smallest absolute Gasteiger partial charge is 0.277 e. The maximum Gasteiger partial charge on any atom is 0.277 e. The Bertz CT molecular complexity index is 1150. The lowest BCUT2D eigenvalue weighted by Crippen LogP contribution is -2.35. The van der Waals surface area contributed by atoms with Crippen LogP contribution in [0.4, 0.5) is 5.69 Å². The first-order chi connectivity index (χ1) is 14.7. The van der Waals surface area contributed by atoms with E-state index in [1.807, 2.05) is 6.92 Å². The number of hydrogen-bond acceptors (Lipinski definition) is 4. The Hall–Kier alpha value is -1.45. The number of carbonyl (C=O) groups excluding carboxylic acids is 2. The number of carbonyl (C=O) groups is 2. The molecule has 0 spiro atoms. The van der Waals surface area contributed by atoms with Gasteiger partial charge < -0.3 is 4.90 Å². The summed E-state index contributed by atoms with van der Waals surface area (Å²) in [7, 11) is 0. The molecule has 0 radical (unpaired) electrons. The van der Waals surface area contributed by atoms with Gasteiger partial charge in [-0.3, -0.25) is 9.59 Å². The van der Waals surface area contributed by atoms with Gasteiger partial charge in [0.15, 0.2) is 5.82 Å². The minimum Gasteiger partial charge on any atom is -0.305 e. The summed E-state index contributed by atoms with van der Waals surface area (Å²) in [5.74, 6) is -0.104. The second-order valence-corrected chi connectivity index (χ2v) is 9.29. The minimum atomic E-state index is -0.727. The van der Waals surface area contributed by atoms with Crippen molar-refractivity contribution >= 4 is 83.5 Å². The molecule has 3 aromatic rings. The van der Waals surface area contributed by atoms with Crippen LogP contribution in [0, 0.1) is 0 Å². The maximum absolute atomic E-state index is 13.7. The quantitative estimate of drug-likeness (QED) is 0.273. The number of benzene rings is 1. The highest BCUT2D eigenvalue weighted by molar-refractivity contribution is 9.10. The summed E-state index contributed by atoms with van der Waals surface area (Å²) in [5, 5.41) is 4.24. The molecule has 0 saturated carbocycles. The molecular formula is C20H15Br2Cl3N4O2. The van der Waals surface area contributed by atoms with Crippen molar-refractivity contribution in [3.05, 3.63) is 66.9 Å². The molecule has 0 fully saturated rings. The van der Waals surface area contributed by atoms with Gasteiger partial charge in [-0.15, -0.1) is 0 Å². The van der Waals surface area contributed by atoms with E-state index < -0.39 is 11.1 Å². The summed E-state index contributed by atoms with van der Waals surface area (Å²) in [6.45, 7) is 2.34. The van der Waals surface area contributed by atoms with Gasteiger partial charge in [0.2, 0.25) is 0 Å². The predicted molar refractivity (Wildman–Crippen MR) is 130 cm³/mol. The first-order valence-electron chi connectivity index (χ1n) is 9.11. The molecule has 0 aliphatic heterocycles. The van der Waals surface area contributed by atoms with Crippen LogP contribution in [-0.2, 0) is 0 Å². The van der Waals surface area contributed by atoms with Gasteiger partial charge in [-0.05, 0) is 74.1 Å². The highest BCUT2D eigenvalue weighted by Gasteiger charge is 2.29. The Morgan fingerprint density at radius 1 is 1.19 bits per heavy atom. The van der Waals surface area contributed by atoms with E-state index in [1.54, 1.807) is 30.5 Å². The Kier molecular flexibility index (Phi) is 8.15. The fraction of sp³-hybridized carbons (Fsp3) is 0.200. The molecule has 2 aromatic heterocycles. The van der Waals surface area contributed by atoms with Crippen LogP contribution in [0.1, 0.15) is 40.6 Å². The van der Waals surface area contributed by atoms with Crippen LogP contribution in [0.25, 0.3) is 5.82 Å². The van der Waals surface area contributed by atoms with E-state index in [0.717, 1.165) is 6.42 Å². The summed E-state index contributed by atoms with van der Waals surface area (Å²) in [5.41, 5.74) is 0.656. The molecule has 6 nitrogen and oxygen atoms in total. The highest BCUT2D eigenvalue weighted by atomic mass is 79.9. The van der Waals surface area contributed by atoms with E-state index in [9.17, 15) is 9.59 Å². The summed E-state index contributed by atoms with van der Waals surface area (Å²) in [4.78, 5) is 31.6. The molecule has 0 atom stereocenters. The number of unbranched alkanes of at least 4 members (excludes halogenated alkanes) is 1. The number of pyridine rings is 1. The van der Waals surface area contributed by atoms with E-state index in [2.05, 4.69) is 41.9 Å². The molecule has 1 amide bonds. The third-order valence-corrected chi connectivity index (χ3v) is 6.04. The molecule has 11 heteroatoms. The molecule has 162 valence electrons. The molecule has 0 aliphatic rings. The lowest BCUT2D eigenvalue weighted by molar-refractivity contribution is 0.0978. The van der Waals surface area contributed by atoms with Crippen molar-refractivity contribution in [3.63, 3.8) is 0 Å². The zero-order valence-corrected chi connectivity index (χ0v) is 21.5. The fourth-order valence-corrected chi connectivity index (χ4v) is 4.70. The molecule has 0 N–H and O–H groups in total. The first kappa shape index (κ1) is 24.2. The standard InChI is InChI=1S/C20H15Br2Cl3N4O2/c1-2-3-7-28(17-12(18(25)30)8-11(23)9-13(17)21)20(31)15-10-16(22)27-29(15)19-14(24)5-4-6-26-19/h4-6,8-10H,2-3,7H2,1H3. The van der Waals surface area contributed by atoms with Crippen LogP contribution in [0.5, 0.6) is 0 Å². The molecule has 0 bridgehead atoms. The minimum absolute atomic E-state index is 0.117. The molecule has 0 saturated heterocycles. The third kappa shape index (κ3) is 5.31. The van der Waals surface area contributed by atoms with Gasteiger partial charge in [0, 0.05) is 28.3 Å². The normalized spacial score (nSPS) is 10.9. The summed E-state index contributed by atoms with van der Waals surface area (Å²) >= 11 is 25.0. The van der Waals surface area contributed by atoms with Crippen LogP contribution in [-0.4, -0.2) is 32.5 Å². The van der Waals surface area contributed by atoms with Crippen LogP contribution in [0.3, 0.4) is 0 Å². The maximum atomic E-state index is 13.7. The lowest BCUT2D eigenvalue weighted by Gasteiger charge is -2.26. The topological polar surface area (TPSA) is 68.1 Å². The largest absolute Gasteiger partial charge is 0.305 e. The van der Waals surface area contributed by atoms with Crippen LogP contribution >= 0.6 is 66.7 Å². The van der Waals surface area contributed by atoms with E-state index in [1.165, 1.54) is 15.6 Å². The molecular weight excluding hydrogens is 594 g/mol. The van der Waals surface area contributed by atoms with Crippen LogP contribution in [0.15, 0.2) is 45.6 Å². The zero-order valence-electron chi connectivity index (χ0n) is 16.1. The van der Waals surface area contributed by atoms with Crippen LogP contribution in [0.2, 0.25) is 10.0 Å². The van der Waals surface area contributed by atoms with Gasteiger partial charge >= 0.3 is 0 Å². The molecule has 1 aromatic carbocycles. The number of anilines is 1.